The molecule has 1 aliphatic rings. The van der Waals surface area contributed by atoms with E-state index in [4.69, 9.17) is 0 Å². The minimum atomic E-state index is 0.180. The Morgan fingerprint density at radius 2 is 2.13 bits per heavy atom. The van der Waals surface area contributed by atoms with Gasteiger partial charge in [-0.15, -0.1) is 0 Å². The number of carbonyl (C=O) groups excluding carboxylic acids is 1. The van der Waals surface area contributed by atoms with Crippen molar-refractivity contribution in [2.24, 2.45) is 0 Å². The molecule has 5 nitrogen and oxygen atoms in total. The zero-order chi connectivity index (χ0) is 16.1. The number of nitrogens with one attached hydrogen (secondary N) is 1. The quantitative estimate of drug-likeness (QED) is 0.861. The van der Waals surface area contributed by atoms with Gasteiger partial charge in [0.25, 0.3) is 0 Å². The highest BCUT2D eigenvalue weighted by atomic mass is 16.2. The van der Waals surface area contributed by atoms with Crippen molar-refractivity contribution < 1.29 is 4.79 Å². The van der Waals surface area contributed by atoms with Crippen molar-refractivity contribution in [3.8, 4) is 0 Å². The maximum Gasteiger partial charge on any atom is 0.228 e. The highest BCUT2D eigenvalue weighted by Gasteiger charge is 2.21. The number of carbonyl (C=O) groups is 1. The lowest BCUT2D eigenvalue weighted by atomic mass is 10.0. The van der Waals surface area contributed by atoms with Gasteiger partial charge >= 0.3 is 0 Å². The van der Waals surface area contributed by atoms with E-state index >= 15 is 0 Å². The van der Waals surface area contributed by atoms with Crippen molar-refractivity contribution in [3.05, 3.63) is 53.6 Å². The van der Waals surface area contributed by atoms with Crippen LogP contribution in [0, 0.1) is 6.92 Å². The van der Waals surface area contributed by atoms with Gasteiger partial charge < -0.3 is 10.2 Å². The molecule has 1 aliphatic heterocycles. The van der Waals surface area contributed by atoms with Crippen LogP contribution in [0.15, 0.2) is 36.7 Å². The summed E-state index contributed by atoms with van der Waals surface area (Å²) in [5.74, 6) is 0.180. The van der Waals surface area contributed by atoms with Crippen molar-refractivity contribution in [3.63, 3.8) is 0 Å². The van der Waals surface area contributed by atoms with Crippen LogP contribution in [0.1, 0.15) is 29.8 Å². The van der Waals surface area contributed by atoms with Crippen LogP contribution in [0.25, 0.3) is 0 Å². The van der Waals surface area contributed by atoms with Gasteiger partial charge in [0.15, 0.2) is 0 Å². The lowest BCUT2D eigenvalue weighted by molar-refractivity contribution is -0.118. The second-order valence-corrected chi connectivity index (χ2v) is 5.85. The fourth-order valence-electron chi connectivity index (χ4n) is 2.85. The molecule has 0 bridgehead atoms. The number of hydrogen-bond acceptors (Lipinski definition) is 4. The summed E-state index contributed by atoms with van der Waals surface area (Å²) in [6.45, 7) is 4.02. The molecule has 2 aromatic rings. The minimum Gasteiger partial charge on any atom is -0.312 e. The molecule has 120 valence electrons. The van der Waals surface area contributed by atoms with Crippen LogP contribution >= 0.6 is 0 Å². The molecule has 1 N–H and O–H groups in total. The first-order chi connectivity index (χ1) is 11.2. The van der Waals surface area contributed by atoms with Crippen LogP contribution in [-0.2, 0) is 17.8 Å². The first-order valence-corrected chi connectivity index (χ1v) is 8.10. The largest absolute Gasteiger partial charge is 0.312 e. The molecule has 0 saturated carbocycles. The van der Waals surface area contributed by atoms with Gasteiger partial charge in [0, 0.05) is 44.1 Å². The van der Waals surface area contributed by atoms with Gasteiger partial charge in [-0.3, -0.25) is 14.8 Å². The Labute approximate surface area is 136 Å². The molecule has 5 heteroatoms. The Morgan fingerprint density at radius 3 is 2.96 bits per heavy atom. The number of rotatable bonds is 5. The molecule has 23 heavy (non-hydrogen) atoms. The summed E-state index contributed by atoms with van der Waals surface area (Å²) in [4.78, 5) is 22.9. The summed E-state index contributed by atoms with van der Waals surface area (Å²) in [6, 6.07) is 8.19. The van der Waals surface area contributed by atoms with E-state index < -0.39 is 0 Å². The van der Waals surface area contributed by atoms with Crippen molar-refractivity contribution in [2.45, 2.75) is 32.7 Å². The van der Waals surface area contributed by atoms with Gasteiger partial charge in [-0.25, -0.2) is 0 Å². The normalized spacial score (nSPS) is 13.7. The van der Waals surface area contributed by atoms with Crippen LogP contribution in [0.3, 0.4) is 0 Å². The lowest BCUT2D eigenvalue weighted by Gasteiger charge is -2.29. The average Bonchev–Trinajstić information content (AvgIpc) is 2.59. The third-order valence-electron chi connectivity index (χ3n) is 4.07. The van der Waals surface area contributed by atoms with Crippen LogP contribution in [0.4, 0.5) is 5.69 Å². The number of para-hydroxylation sites is 1. The molecule has 0 aliphatic carbocycles. The first kappa shape index (κ1) is 15.6. The summed E-state index contributed by atoms with van der Waals surface area (Å²) in [7, 11) is 0. The van der Waals surface area contributed by atoms with Crippen LogP contribution in [0.2, 0.25) is 0 Å². The molecule has 3 rings (SSSR count). The Bertz CT molecular complexity index is 669. The third-order valence-corrected chi connectivity index (χ3v) is 4.07. The molecule has 1 aromatic carbocycles. The second kappa shape index (κ2) is 7.33. The zero-order valence-electron chi connectivity index (χ0n) is 13.5. The van der Waals surface area contributed by atoms with E-state index in [1.54, 1.807) is 12.4 Å². The predicted molar refractivity (Wildman–Crippen MR) is 90.2 cm³/mol. The number of anilines is 1. The van der Waals surface area contributed by atoms with Crippen LogP contribution in [0.5, 0.6) is 0 Å². The summed E-state index contributed by atoms with van der Waals surface area (Å²) < 4.78 is 0. The van der Waals surface area contributed by atoms with Gasteiger partial charge in [0.1, 0.15) is 0 Å². The minimum absolute atomic E-state index is 0.180. The smallest absolute Gasteiger partial charge is 0.228 e. The molecular formula is C18H22N4O. The molecule has 2 heterocycles. The van der Waals surface area contributed by atoms with Gasteiger partial charge in [-0.1, -0.05) is 18.2 Å². The second-order valence-electron chi connectivity index (χ2n) is 5.85. The molecule has 0 fully saturated rings. The summed E-state index contributed by atoms with van der Waals surface area (Å²) in [5, 5.41) is 3.27. The molecule has 0 atom stereocenters. The SMILES string of the molecule is Cc1cnc(CNCCC(=O)N2CCCc3ccccc32)cn1. The number of aromatic nitrogens is 2. The highest BCUT2D eigenvalue weighted by Crippen LogP contribution is 2.26. The topological polar surface area (TPSA) is 58.1 Å². The molecular weight excluding hydrogens is 288 g/mol. The van der Waals surface area contributed by atoms with Gasteiger partial charge in [0.2, 0.25) is 5.91 Å². The lowest BCUT2D eigenvalue weighted by Crippen LogP contribution is -2.37. The third kappa shape index (κ3) is 3.93. The summed E-state index contributed by atoms with van der Waals surface area (Å²) in [5.41, 5.74) is 4.15. The number of aryl methyl sites for hydroxylation is 2. The van der Waals surface area contributed by atoms with E-state index in [-0.39, 0.29) is 5.91 Å². The van der Waals surface area contributed by atoms with Crippen molar-refractivity contribution in [2.75, 3.05) is 18.0 Å². The van der Waals surface area contributed by atoms with E-state index in [1.807, 2.05) is 30.0 Å². The molecule has 0 spiro atoms. The number of nitrogens with zero attached hydrogens (tertiary/aromatic N) is 3. The fraction of sp³-hybridized carbons (Fsp3) is 0.389. The van der Waals surface area contributed by atoms with Crippen LogP contribution < -0.4 is 10.2 Å². The zero-order valence-corrected chi connectivity index (χ0v) is 13.5. The number of fused-ring (bicyclic) bond motifs is 1. The fourth-order valence-corrected chi connectivity index (χ4v) is 2.85. The van der Waals surface area contributed by atoms with E-state index in [0.29, 0.717) is 19.5 Å². The molecule has 1 aromatic heterocycles. The van der Waals surface area contributed by atoms with Gasteiger partial charge in [0.05, 0.1) is 11.4 Å². The maximum absolute atomic E-state index is 12.5. The maximum atomic E-state index is 12.5. The van der Waals surface area contributed by atoms with Gasteiger partial charge in [-0.2, -0.15) is 0 Å². The highest BCUT2D eigenvalue weighted by molar-refractivity contribution is 5.94. The number of benzene rings is 1. The first-order valence-electron chi connectivity index (χ1n) is 8.10. The monoisotopic (exact) mass is 310 g/mol. The van der Waals surface area contributed by atoms with E-state index in [2.05, 4.69) is 21.4 Å². The molecule has 1 amide bonds. The van der Waals surface area contributed by atoms with E-state index in [0.717, 1.165) is 36.5 Å². The average molecular weight is 310 g/mol. The molecule has 0 saturated heterocycles. The van der Waals surface area contributed by atoms with Crippen molar-refractivity contribution >= 4 is 11.6 Å². The molecule has 0 radical (unpaired) electrons. The standard InChI is InChI=1S/C18H22N4O/c1-14-11-21-16(13-20-14)12-19-9-8-18(23)22-10-4-6-15-5-2-3-7-17(15)22/h2-3,5,7,11,13,19H,4,6,8-10,12H2,1H3. The number of amides is 1. The Kier molecular flexibility index (Phi) is 4.98. The van der Waals surface area contributed by atoms with Crippen molar-refractivity contribution in [1.29, 1.82) is 0 Å². The van der Waals surface area contributed by atoms with E-state index in [1.165, 1.54) is 5.56 Å². The van der Waals surface area contributed by atoms with Gasteiger partial charge in [-0.05, 0) is 31.4 Å². The predicted octanol–water partition coefficient (Wildman–Crippen LogP) is 2.24. The van der Waals surface area contributed by atoms with Crippen LogP contribution in [-0.4, -0.2) is 29.0 Å². The summed E-state index contributed by atoms with van der Waals surface area (Å²) >= 11 is 0. The Morgan fingerprint density at radius 1 is 1.26 bits per heavy atom. The van der Waals surface area contributed by atoms with Crippen molar-refractivity contribution in [1.82, 2.24) is 15.3 Å². The summed E-state index contributed by atoms with van der Waals surface area (Å²) in [6.07, 6.45) is 6.12. The van der Waals surface area contributed by atoms with E-state index in [9.17, 15) is 4.79 Å². The molecule has 0 unspecified atom stereocenters. The number of hydrogen-bond donors (Lipinski definition) is 1. The Balaban J connectivity index is 1.49. The Hall–Kier alpha value is -2.27.